The summed E-state index contributed by atoms with van der Waals surface area (Å²) in [5.41, 5.74) is 1.13. The van der Waals surface area contributed by atoms with Gasteiger partial charge in [0.1, 0.15) is 0 Å². The molecule has 2 rings (SSSR count). The maximum Gasteiger partial charge on any atom is 0.338 e. The average molecular weight is 283 g/mol. The molecule has 2 N–H and O–H groups in total. The van der Waals surface area contributed by atoms with Gasteiger partial charge in [-0.05, 0) is 37.0 Å². The van der Waals surface area contributed by atoms with Crippen LogP contribution in [0.15, 0.2) is 23.1 Å². The van der Waals surface area contributed by atoms with Gasteiger partial charge in [0.05, 0.1) is 5.56 Å². The fourth-order valence-corrected chi connectivity index (χ4v) is 3.92. The van der Waals surface area contributed by atoms with Crippen molar-refractivity contribution in [3.8, 4) is 0 Å². The van der Waals surface area contributed by atoms with Crippen molar-refractivity contribution >= 4 is 35.2 Å². The van der Waals surface area contributed by atoms with Gasteiger partial charge in [-0.3, -0.25) is 0 Å². The largest absolute Gasteiger partial charge is 0.478 e. The lowest BCUT2D eigenvalue weighted by molar-refractivity contribution is 0.0694. The number of anilines is 1. The molecule has 1 heterocycles. The van der Waals surface area contributed by atoms with Gasteiger partial charge >= 0.3 is 5.97 Å². The van der Waals surface area contributed by atoms with Gasteiger partial charge in [-0.1, -0.05) is 6.07 Å². The minimum absolute atomic E-state index is 0.396. The van der Waals surface area contributed by atoms with Crippen LogP contribution in [0, 0.1) is 0 Å². The van der Waals surface area contributed by atoms with Crippen LogP contribution in [0.2, 0.25) is 0 Å². The van der Waals surface area contributed by atoms with Crippen molar-refractivity contribution in [1.82, 2.24) is 0 Å². The Labute approximate surface area is 116 Å². The second kappa shape index (κ2) is 6.38. The average Bonchev–Trinajstić information content (AvgIpc) is 2.88. The van der Waals surface area contributed by atoms with E-state index in [0.717, 1.165) is 17.1 Å². The second-order valence-corrected chi connectivity index (χ2v) is 6.46. The molecule has 1 saturated heterocycles. The molecule has 1 unspecified atom stereocenters. The van der Waals surface area contributed by atoms with Crippen LogP contribution in [-0.4, -0.2) is 34.9 Å². The van der Waals surface area contributed by atoms with Crippen LogP contribution in [0.3, 0.4) is 0 Å². The quantitative estimate of drug-likeness (QED) is 0.811. The Kier molecular flexibility index (Phi) is 4.83. The molecule has 1 atom stereocenters. The van der Waals surface area contributed by atoms with Gasteiger partial charge in [0.2, 0.25) is 0 Å². The van der Waals surface area contributed by atoms with Crippen LogP contribution >= 0.6 is 23.5 Å². The van der Waals surface area contributed by atoms with Crippen LogP contribution in [0.5, 0.6) is 0 Å². The maximum atomic E-state index is 11.3. The molecule has 0 saturated carbocycles. The van der Waals surface area contributed by atoms with Crippen LogP contribution in [0.25, 0.3) is 0 Å². The van der Waals surface area contributed by atoms with Crippen molar-refractivity contribution in [2.45, 2.75) is 23.0 Å². The number of benzene rings is 1. The fraction of sp³-hybridized carbons (Fsp3) is 0.462. The SMILES string of the molecule is CSc1cccc(NCC2CCCS2)c1C(=O)O. The maximum absolute atomic E-state index is 11.3. The molecule has 1 aliphatic rings. The molecule has 1 aromatic carbocycles. The van der Waals surface area contributed by atoms with Crippen LogP contribution < -0.4 is 5.32 Å². The smallest absolute Gasteiger partial charge is 0.338 e. The summed E-state index contributed by atoms with van der Waals surface area (Å²) in [5.74, 6) is 0.365. The van der Waals surface area contributed by atoms with E-state index >= 15 is 0 Å². The fourth-order valence-electron chi connectivity index (χ4n) is 2.10. The van der Waals surface area contributed by atoms with Crippen molar-refractivity contribution in [2.75, 3.05) is 23.9 Å². The normalized spacial score (nSPS) is 18.8. The minimum atomic E-state index is -0.860. The molecule has 18 heavy (non-hydrogen) atoms. The first-order valence-corrected chi connectivity index (χ1v) is 8.25. The molecule has 0 bridgehead atoms. The predicted octanol–water partition coefficient (Wildman–Crippen LogP) is 3.41. The minimum Gasteiger partial charge on any atom is -0.478 e. The topological polar surface area (TPSA) is 49.3 Å². The van der Waals surface area contributed by atoms with Crippen molar-refractivity contribution in [3.63, 3.8) is 0 Å². The van der Waals surface area contributed by atoms with Gasteiger partial charge in [0.25, 0.3) is 0 Å². The van der Waals surface area contributed by atoms with E-state index in [2.05, 4.69) is 5.32 Å². The van der Waals surface area contributed by atoms with E-state index in [0.29, 0.717) is 10.8 Å². The Morgan fingerprint density at radius 3 is 3.06 bits per heavy atom. The Hall–Kier alpha value is -0.810. The Morgan fingerprint density at radius 1 is 1.61 bits per heavy atom. The summed E-state index contributed by atoms with van der Waals surface area (Å²) in [7, 11) is 0. The molecule has 1 aliphatic heterocycles. The lowest BCUT2D eigenvalue weighted by atomic mass is 10.1. The third-order valence-corrected chi connectivity index (χ3v) is 5.18. The number of carbonyl (C=O) groups is 1. The molecule has 1 aromatic rings. The first-order valence-electron chi connectivity index (χ1n) is 5.98. The van der Waals surface area contributed by atoms with Gasteiger partial charge in [0.15, 0.2) is 0 Å². The van der Waals surface area contributed by atoms with Gasteiger partial charge < -0.3 is 10.4 Å². The first kappa shape index (κ1) is 13.6. The van der Waals surface area contributed by atoms with E-state index in [9.17, 15) is 9.90 Å². The highest BCUT2D eigenvalue weighted by Gasteiger charge is 2.18. The second-order valence-electron chi connectivity index (χ2n) is 4.20. The van der Waals surface area contributed by atoms with Crippen molar-refractivity contribution in [3.05, 3.63) is 23.8 Å². The van der Waals surface area contributed by atoms with E-state index < -0.39 is 5.97 Å². The summed E-state index contributed by atoms with van der Waals surface area (Å²) in [6.07, 6.45) is 4.40. The van der Waals surface area contributed by atoms with Gasteiger partial charge in [-0.2, -0.15) is 11.8 Å². The first-order chi connectivity index (χ1) is 8.72. The number of nitrogens with one attached hydrogen (secondary N) is 1. The molecule has 0 amide bonds. The number of carboxylic acids is 1. The van der Waals surface area contributed by atoms with Crippen LogP contribution in [0.4, 0.5) is 5.69 Å². The molecule has 0 aromatic heterocycles. The monoisotopic (exact) mass is 283 g/mol. The third kappa shape index (κ3) is 3.14. The van der Waals surface area contributed by atoms with Gasteiger partial charge in [-0.15, -0.1) is 11.8 Å². The molecule has 5 heteroatoms. The lowest BCUT2D eigenvalue weighted by Gasteiger charge is -2.15. The van der Waals surface area contributed by atoms with Crippen LogP contribution in [-0.2, 0) is 0 Å². The number of carboxylic acid groups (broad SMARTS) is 1. The van der Waals surface area contributed by atoms with Gasteiger partial charge in [0, 0.05) is 22.4 Å². The zero-order valence-electron chi connectivity index (χ0n) is 10.3. The summed E-state index contributed by atoms with van der Waals surface area (Å²) in [6.45, 7) is 0.850. The van der Waals surface area contributed by atoms with Crippen molar-refractivity contribution in [2.24, 2.45) is 0 Å². The molecule has 0 spiro atoms. The zero-order valence-corrected chi connectivity index (χ0v) is 11.9. The number of rotatable bonds is 5. The predicted molar refractivity (Wildman–Crippen MR) is 79.2 cm³/mol. The van der Waals surface area contributed by atoms with Crippen molar-refractivity contribution in [1.29, 1.82) is 0 Å². The highest BCUT2D eigenvalue weighted by molar-refractivity contribution is 8.00. The summed E-state index contributed by atoms with van der Waals surface area (Å²) < 4.78 is 0. The molecule has 0 radical (unpaired) electrons. The Morgan fingerprint density at radius 2 is 2.44 bits per heavy atom. The summed E-state index contributed by atoms with van der Waals surface area (Å²) in [6, 6.07) is 5.61. The molecule has 1 fully saturated rings. The standard InChI is InChI=1S/C13H17NO2S2/c1-17-11-6-2-5-10(12(11)13(15)16)14-8-9-4-3-7-18-9/h2,5-6,9,14H,3-4,7-8H2,1H3,(H,15,16). The molecule has 0 aliphatic carbocycles. The van der Waals surface area contributed by atoms with Crippen molar-refractivity contribution < 1.29 is 9.90 Å². The highest BCUT2D eigenvalue weighted by Crippen LogP contribution is 2.29. The molecule has 3 nitrogen and oxygen atoms in total. The molecular weight excluding hydrogens is 266 g/mol. The molecule has 98 valence electrons. The number of thioether (sulfide) groups is 2. The van der Waals surface area contributed by atoms with E-state index in [1.807, 2.05) is 36.2 Å². The van der Waals surface area contributed by atoms with E-state index in [4.69, 9.17) is 0 Å². The van der Waals surface area contributed by atoms with E-state index in [1.165, 1.54) is 30.4 Å². The highest BCUT2D eigenvalue weighted by atomic mass is 32.2. The van der Waals surface area contributed by atoms with E-state index in [1.54, 1.807) is 0 Å². The zero-order chi connectivity index (χ0) is 13.0. The third-order valence-electron chi connectivity index (χ3n) is 3.00. The number of hydrogen-bond donors (Lipinski definition) is 2. The lowest BCUT2D eigenvalue weighted by Crippen LogP contribution is -2.16. The summed E-state index contributed by atoms with van der Waals surface area (Å²) in [4.78, 5) is 12.2. The number of hydrogen-bond acceptors (Lipinski definition) is 4. The van der Waals surface area contributed by atoms with Gasteiger partial charge in [-0.25, -0.2) is 4.79 Å². The Bertz CT molecular complexity index is 431. The Balaban J connectivity index is 2.13. The summed E-state index contributed by atoms with van der Waals surface area (Å²) >= 11 is 3.44. The summed E-state index contributed by atoms with van der Waals surface area (Å²) in [5, 5.41) is 13.2. The van der Waals surface area contributed by atoms with E-state index in [-0.39, 0.29) is 0 Å². The number of aromatic carboxylic acids is 1. The molecular formula is C13H17NO2S2. The van der Waals surface area contributed by atoms with Crippen LogP contribution in [0.1, 0.15) is 23.2 Å².